The van der Waals surface area contributed by atoms with Gasteiger partial charge in [-0.15, -0.1) is 0 Å². The molecule has 22 heavy (non-hydrogen) atoms. The van der Waals surface area contributed by atoms with Gasteiger partial charge in [0.15, 0.2) is 0 Å². The summed E-state index contributed by atoms with van der Waals surface area (Å²) in [5.41, 5.74) is 3.75. The molecule has 0 saturated carbocycles. The molecule has 0 radical (unpaired) electrons. The Morgan fingerprint density at radius 3 is 2.64 bits per heavy atom. The molecule has 0 aliphatic carbocycles. The minimum Gasteiger partial charge on any atom is -0.380 e. The maximum Gasteiger partial charge on any atom is 0.319 e. The first-order chi connectivity index (χ1) is 10.6. The van der Waals surface area contributed by atoms with Crippen molar-refractivity contribution in [3.8, 4) is 0 Å². The molecule has 0 bridgehead atoms. The van der Waals surface area contributed by atoms with Crippen LogP contribution in [0.2, 0.25) is 5.02 Å². The van der Waals surface area contributed by atoms with E-state index in [0.29, 0.717) is 23.9 Å². The van der Waals surface area contributed by atoms with Gasteiger partial charge in [-0.2, -0.15) is 0 Å². The third-order valence-corrected chi connectivity index (χ3v) is 3.54. The molecule has 0 saturated heterocycles. The Labute approximate surface area is 135 Å². The molecule has 2 aromatic carbocycles. The molecular formula is C17H19ClN2O2. The van der Waals surface area contributed by atoms with Gasteiger partial charge in [-0.05, 0) is 35.7 Å². The van der Waals surface area contributed by atoms with Gasteiger partial charge in [-0.1, -0.05) is 41.9 Å². The first kappa shape index (κ1) is 16.3. The molecule has 2 amide bonds. The number of methoxy groups -OCH3 is 1. The molecule has 5 heteroatoms. The third-order valence-electron chi connectivity index (χ3n) is 3.31. The average molecular weight is 319 g/mol. The number of carbonyl (C=O) groups is 1. The number of anilines is 1. The van der Waals surface area contributed by atoms with Crippen molar-refractivity contribution < 1.29 is 9.53 Å². The van der Waals surface area contributed by atoms with Gasteiger partial charge in [0.05, 0.1) is 6.61 Å². The van der Waals surface area contributed by atoms with Gasteiger partial charge >= 0.3 is 6.03 Å². The van der Waals surface area contributed by atoms with Crippen LogP contribution in [0, 0.1) is 6.92 Å². The summed E-state index contributed by atoms with van der Waals surface area (Å²) in [5, 5.41) is 6.24. The summed E-state index contributed by atoms with van der Waals surface area (Å²) in [5.74, 6) is 0. The summed E-state index contributed by atoms with van der Waals surface area (Å²) < 4.78 is 5.16. The van der Waals surface area contributed by atoms with E-state index in [9.17, 15) is 4.79 Å². The predicted octanol–water partition coefficient (Wildman–Crippen LogP) is 4.12. The molecule has 2 aromatic rings. The van der Waals surface area contributed by atoms with E-state index >= 15 is 0 Å². The Kier molecular flexibility index (Phi) is 5.81. The van der Waals surface area contributed by atoms with E-state index in [1.54, 1.807) is 19.2 Å². The highest BCUT2D eigenvalue weighted by molar-refractivity contribution is 6.31. The molecule has 0 aliphatic rings. The molecule has 2 rings (SSSR count). The molecule has 2 N–H and O–H groups in total. The number of rotatable bonds is 5. The molecule has 4 nitrogen and oxygen atoms in total. The molecule has 0 atom stereocenters. The fraction of sp³-hybridized carbons (Fsp3) is 0.235. The lowest BCUT2D eigenvalue weighted by Gasteiger charge is -2.12. The molecule has 0 aromatic heterocycles. The number of hydrogen-bond acceptors (Lipinski definition) is 2. The van der Waals surface area contributed by atoms with Crippen molar-refractivity contribution >= 4 is 23.3 Å². The molecule has 0 fully saturated rings. The molecule has 0 aliphatic heterocycles. The van der Waals surface area contributed by atoms with Gasteiger partial charge < -0.3 is 15.4 Å². The van der Waals surface area contributed by atoms with E-state index in [2.05, 4.69) is 10.6 Å². The maximum absolute atomic E-state index is 12.0. The first-order valence-electron chi connectivity index (χ1n) is 6.97. The zero-order valence-electron chi connectivity index (χ0n) is 12.7. The van der Waals surface area contributed by atoms with Gasteiger partial charge in [0, 0.05) is 24.4 Å². The smallest absolute Gasteiger partial charge is 0.319 e. The van der Waals surface area contributed by atoms with E-state index in [1.807, 2.05) is 37.3 Å². The number of carbonyl (C=O) groups excluding carboxylic acids is 1. The summed E-state index contributed by atoms with van der Waals surface area (Å²) in [6.07, 6.45) is 0. The second-order valence-corrected chi connectivity index (χ2v) is 5.41. The largest absolute Gasteiger partial charge is 0.380 e. The van der Waals surface area contributed by atoms with Crippen LogP contribution in [-0.4, -0.2) is 13.1 Å². The van der Waals surface area contributed by atoms with Crippen LogP contribution in [0.15, 0.2) is 42.5 Å². The van der Waals surface area contributed by atoms with E-state index in [1.165, 1.54) is 0 Å². The summed E-state index contributed by atoms with van der Waals surface area (Å²) in [6.45, 7) is 2.87. The van der Waals surface area contributed by atoms with Crippen LogP contribution >= 0.6 is 11.6 Å². The number of urea groups is 1. The number of hydrogen-bond donors (Lipinski definition) is 2. The van der Waals surface area contributed by atoms with E-state index in [-0.39, 0.29) is 6.03 Å². The van der Waals surface area contributed by atoms with Crippen LogP contribution in [0.4, 0.5) is 10.5 Å². The van der Waals surface area contributed by atoms with Crippen molar-refractivity contribution in [2.45, 2.75) is 20.1 Å². The minimum absolute atomic E-state index is 0.266. The standard InChI is InChI=1S/C17H19ClN2O2/c1-12-7-8-15(18)9-16(12)20-17(21)19-10-13-5-3-4-6-14(13)11-22-2/h3-9H,10-11H2,1-2H3,(H2,19,20,21). The number of benzene rings is 2. The Balaban J connectivity index is 1.97. The number of aryl methyl sites for hydroxylation is 1. The highest BCUT2D eigenvalue weighted by Crippen LogP contribution is 2.20. The monoisotopic (exact) mass is 318 g/mol. The normalized spacial score (nSPS) is 10.3. The maximum atomic E-state index is 12.0. The lowest BCUT2D eigenvalue weighted by atomic mass is 10.1. The highest BCUT2D eigenvalue weighted by Gasteiger charge is 2.07. The Bertz CT molecular complexity index is 659. The van der Waals surface area contributed by atoms with Crippen LogP contribution in [0.3, 0.4) is 0 Å². The van der Waals surface area contributed by atoms with Crippen LogP contribution in [0.5, 0.6) is 0 Å². The van der Waals surface area contributed by atoms with Crippen LogP contribution in [-0.2, 0) is 17.9 Å². The van der Waals surface area contributed by atoms with E-state index in [4.69, 9.17) is 16.3 Å². The summed E-state index contributed by atoms with van der Waals surface area (Å²) in [6, 6.07) is 13.0. The predicted molar refractivity (Wildman–Crippen MR) is 89.2 cm³/mol. The second kappa shape index (κ2) is 7.82. The average Bonchev–Trinajstić information content (AvgIpc) is 2.50. The van der Waals surface area contributed by atoms with Crippen LogP contribution < -0.4 is 10.6 Å². The van der Waals surface area contributed by atoms with E-state index in [0.717, 1.165) is 16.7 Å². The van der Waals surface area contributed by atoms with Crippen molar-refractivity contribution in [2.75, 3.05) is 12.4 Å². The lowest BCUT2D eigenvalue weighted by Crippen LogP contribution is -2.28. The fourth-order valence-electron chi connectivity index (χ4n) is 2.10. The zero-order chi connectivity index (χ0) is 15.9. The number of amides is 2. The molecule has 0 heterocycles. The van der Waals surface area contributed by atoms with E-state index < -0.39 is 0 Å². The summed E-state index contributed by atoms with van der Waals surface area (Å²) in [4.78, 5) is 12.0. The van der Waals surface area contributed by atoms with Crippen LogP contribution in [0.25, 0.3) is 0 Å². The second-order valence-electron chi connectivity index (χ2n) is 4.97. The van der Waals surface area contributed by atoms with Gasteiger partial charge in [0.1, 0.15) is 0 Å². The number of ether oxygens (including phenoxy) is 1. The molecule has 0 spiro atoms. The Morgan fingerprint density at radius 1 is 1.18 bits per heavy atom. The van der Waals surface area contributed by atoms with Crippen molar-refractivity contribution in [3.63, 3.8) is 0 Å². The van der Waals surface area contributed by atoms with Gasteiger partial charge in [0.25, 0.3) is 0 Å². The van der Waals surface area contributed by atoms with Gasteiger partial charge in [-0.3, -0.25) is 0 Å². The molecule has 0 unspecified atom stereocenters. The lowest BCUT2D eigenvalue weighted by molar-refractivity contribution is 0.184. The number of halogens is 1. The van der Waals surface area contributed by atoms with Crippen LogP contribution in [0.1, 0.15) is 16.7 Å². The van der Waals surface area contributed by atoms with Crippen molar-refractivity contribution in [3.05, 3.63) is 64.2 Å². The van der Waals surface area contributed by atoms with Crippen molar-refractivity contribution in [2.24, 2.45) is 0 Å². The summed E-state index contributed by atoms with van der Waals surface area (Å²) in [7, 11) is 1.65. The highest BCUT2D eigenvalue weighted by atomic mass is 35.5. The Hall–Kier alpha value is -2.04. The fourth-order valence-corrected chi connectivity index (χ4v) is 2.27. The molecular weight excluding hydrogens is 300 g/mol. The summed E-state index contributed by atoms with van der Waals surface area (Å²) >= 11 is 5.94. The number of nitrogens with one attached hydrogen (secondary N) is 2. The third kappa shape index (κ3) is 4.48. The topological polar surface area (TPSA) is 50.4 Å². The quantitative estimate of drug-likeness (QED) is 0.871. The SMILES string of the molecule is COCc1ccccc1CNC(=O)Nc1cc(Cl)ccc1C. The zero-order valence-corrected chi connectivity index (χ0v) is 13.4. The van der Waals surface area contributed by atoms with Gasteiger partial charge in [-0.25, -0.2) is 4.79 Å². The van der Waals surface area contributed by atoms with Crippen molar-refractivity contribution in [1.82, 2.24) is 5.32 Å². The van der Waals surface area contributed by atoms with Gasteiger partial charge in [0.2, 0.25) is 0 Å². The first-order valence-corrected chi connectivity index (χ1v) is 7.34. The van der Waals surface area contributed by atoms with Crippen molar-refractivity contribution in [1.29, 1.82) is 0 Å². The molecule has 116 valence electrons. The minimum atomic E-state index is -0.266. The Morgan fingerprint density at radius 2 is 1.91 bits per heavy atom.